The number of aliphatic carboxylic acids is 1. The average molecular weight is 434 g/mol. The summed E-state index contributed by atoms with van der Waals surface area (Å²) in [6.45, 7) is 5.91. The summed E-state index contributed by atoms with van der Waals surface area (Å²) >= 11 is 3.54. The summed E-state index contributed by atoms with van der Waals surface area (Å²) in [6.07, 6.45) is 1.08. The fraction of sp³-hybridized carbons (Fsp3) is 0.450. The van der Waals surface area contributed by atoms with E-state index in [0.29, 0.717) is 40.1 Å². The number of allylic oxidation sites excluding steroid dienone is 1. The van der Waals surface area contributed by atoms with E-state index in [0.717, 1.165) is 5.71 Å². The van der Waals surface area contributed by atoms with Crippen LogP contribution in [0.5, 0.6) is 11.5 Å². The number of carbonyl (C=O) groups is 2. The van der Waals surface area contributed by atoms with Crippen molar-refractivity contribution in [3.63, 3.8) is 0 Å². The van der Waals surface area contributed by atoms with Crippen molar-refractivity contribution in [2.45, 2.75) is 39.5 Å². The molecule has 1 aromatic rings. The summed E-state index contributed by atoms with van der Waals surface area (Å²) in [4.78, 5) is 29.7. The van der Waals surface area contributed by atoms with E-state index in [4.69, 9.17) is 9.47 Å². The Labute approximate surface area is 165 Å². The van der Waals surface area contributed by atoms with E-state index in [1.807, 2.05) is 13.8 Å². The summed E-state index contributed by atoms with van der Waals surface area (Å²) in [6, 6.07) is 3.55. The van der Waals surface area contributed by atoms with Crippen molar-refractivity contribution in [3.8, 4) is 11.5 Å². The largest absolute Gasteiger partial charge is 0.478 e. The van der Waals surface area contributed by atoms with Crippen LogP contribution in [0.4, 0.5) is 0 Å². The van der Waals surface area contributed by atoms with Crippen molar-refractivity contribution in [2.24, 2.45) is 16.3 Å². The topological polar surface area (TPSA) is 85.2 Å². The van der Waals surface area contributed by atoms with Crippen molar-refractivity contribution in [1.29, 1.82) is 0 Å². The Balaban J connectivity index is 1.91. The molecule has 0 radical (unpaired) electrons. The lowest BCUT2D eigenvalue weighted by atomic mass is 9.63. The number of fused-ring (bicyclic) bond motifs is 2. The van der Waals surface area contributed by atoms with Gasteiger partial charge in [-0.15, -0.1) is 0 Å². The third-order valence-corrected chi connectivity index (χ3v) is 6.11. The number of ether oxygens (including phenoxy) is 2. The fourth-order valence-corrected chi connectivity index (χ4v) is 4.95. The molecule has 1 fully saturated rings. The van der Waals surface area contributed by atoms with Crippen molar-refractivity contribution in [3.05, 3.63) is 33.4 Å². The van der Waals surface area contributed by atoms with Crippen molar-refractivity contribution < 1.29 is 24.2 Å². The van der Waals surface area contributed by atoms with Crippen LogP contribution in [0.1, 0.15) is 45.1 Å². The van der Waals surface area contributed by atoms with Gasteiger partial charge in [-0.05, 0) is 36.5 Å². The third-order valence-electron chi connectivity index (χ3n) is 5.42. The number of carbonyl (C=O) groups excluding carboxylic acids is 1. The number of aliphatic imine (C=N–C) groups is 1. The molecule has 7 heteroatoms. The van der Waals surface area contributed by atoms with Gasteiger partial charge in [0.1, 0.15) is 5.78 Å². The van der Waals surface area contributed by atoms with E-state index in [-0.39, 0.29) is 23.6 Å². The molecule has 0 saturated heterocycles. The number of carboxylic acid groups (broad SMARTS) is 1. The molecule has 2 heterocycles. The highest BCUT2D eigenvalue weighted by atomic mass is 79.9. The number of hydrogen-bond acceptors (Lipinski definition) is 5. The van der Waals surface area contributed by atoms with Gasteiger partial charge in [0.2, 0.25) is 6.79 Å². The molecule has 1 aromatic carbocycles. The Kier molecular flexibility index (Phi) is 4.18. The zero-order valence-corrected chi connectivity index (χ0v) is 16.9. The zero-order chi connectivity index (χ0) is 19.5. The molecule has 1 saturated carbocycles. The van der Waals surface area contributed by atoms with Gasteiger partial charge in [-0.3, -0.25) is 9.79 Å². The first-order valence-corrected chi connectivity index (χ1v) is 9.60. The minimum atomic E-state index is -1.05. The SMILES string of the molecule is CC1=C(C(=O)O)C(c2cc3c(cc2Br)OCO3)C2C(=O)CC(C)(C)CC2=N1. The van der Waals surface area contributed by atoms with Gasteiger partial charge in [-0.25, -0.2) is 4.79 Å². The number of benzene rings is 1. The minimum Gasteiger partial charge on any atom is -0.478 e. The quantitative estimate of drug-likeness (QED) is 0.759. The predicted molar refractivity (Wildman–Crippen MR) is 102 cm³/mol. The molecule has 4 rings (SSSR count). The molecule has 1 N–H and O–H groups in total. The van der Waals surface area contributed by atoms with Crippen molar-refractivity contribution >= 4 is 33.4 Å². The highest BCUT2D eigenvalue weighted by molar-refractivity contribution is 9.10. The fourth-order valence-electron chi connectivity index (χ4n) is 4.38. The molecule has 0 amide bonds. The lowest BCUT2D eigenvalue weighted by Gasteiger charge is -2.41. The van der Waals surface area contributed by atoms with Gasteiger partial charge in [0, 0.05) is 28.2 Å². The van der Waals surface area contributed by atoms with Gasteiger partial charge in [-0.1, -0.05) is 29.8 Å². The normalized spacial score (nSPS) is 25.9. The van der Waals surface area contributed by atoms with Crippen LogP contribution < -0.4 is 9.47 Å². The molecular formula is C20H20BrNO5. The molecule has 3 aliphatic rings. The molecule has 1 aliphatic carbocycles. The van der Waals surface area contributed by atoms with E-state index < -0.39 is 17.8 Å². The molecule has 6 nitrogen and oxygen atoms in total. The zero-order valence-electron chi connectivity index (χ0n) is 15.3. The number of ketones is 1. The Bertz CT molecular complexity index is 931. The molecular weight excluding hydrogens is 414 g/mol. The van der Waals surface area contributed by atoms with Crippen molar-refractivity contribution in [2.75, 3.05) is 6.79 Å². The summed E-state index contributed by atoms with van der Waals surface area (Å²) in [5.41, 5.74) is 1.92. The van der Waals surface area contributed by atoms with Crippen LogP contribution in [0, 0.1) is 11.3 Å². The molecule has 2 atom stereocenters. The Morgan fingerprint density at radius 1 is 1.22 bits per heavy atom. The van der Waals surface area contributed by atoms with Gasteiger partial charge in [0.25, 0.3) is 0 Å². The number of nitrogens with zero attached hydrogens (tertiary/aromatic N) is 1. The molecule has 2 aliphatic heterocycles. The monoisotopic (exact) mass is 433 g/mol. The number of carboxylic acids is 1. The summed E-state index contributed by atoms with van der Waals surface area (Å²) in [5.74, 6) is -1.03. The smallest absolute Gasteiger partial charge is 0.334 e. The summed E-state index contributed by atoms with van der Waals surface area (Å²) in [5, 5.41) is 9.89. The third kappa shape index (κ3) is 2.98. The molecule has 27 heavy (non-hydrogen) atoms. The van der Waals surface area contributed by atoms with Gasteiger partial charge in [0.05, 0.1) is 11.5 Å². The van der Waals surface area contributed by atoms with Crippen LogP contribution in [0.25, 0.3) is 0 Å². The van der Waals surface area contributed by atoms with Crippen molar-refractivity contribution in [1.82, 2.24) is 0 Å². The maximum atomic E-state index is 13.1. The number of hydrogen-bond donors (Lipinski definition) is 1. The Morgan fingerprint density at radius 3 is 2.56 bits per heavy atom. The van der Waals surface area contributed by atoms with Gasteiger partial charge in [-0.2, -0.15) is 0 Å². The predicted octanol–water partition coefficient (Wildman–Crippen LogP) is 4.08. The molecule has 0 aromatic heterocycles. The van der Waals surface area contributed by atoms with Crippen LogP contribution in [0.15, 0.2) is 32.9 Å². The van der Waals surface area contributed by atoms with Crippen LogP contribution in [-0.2, 0) is 9.59 Å². The first-order valence-electron chi connectivity index (χ1n) is 8.81. The lowest BCUT2D eigenvalue weighted by Crippen LogP contribution is -2.44. The second kappa shape index (κ2) is 6.19. The summed E-state index contributed by atoms with van der Waals surface area (Å²) < 4.78 is 11.6. The lowest BCUT2D eigenvalue weighted by molar-refractivity contribution is -0.133. The first kappa shape index (κ1) is 18.2. The molecule has 0 spiro atoms. The van der Waals surface area contributed by atoms with Gasteiger partial charge in [0.15, 0.2) is 11.5 Å². The second-order valence-electron chi connectivity index (χ2n) is 8.07. The molecule has 142 valence electrons. The van der Waals surface area contributed by atoms with Crippen LogP contribution >= 0.6 is 15.9 Å². The van der Waals surface area contributed by atoms with Gasteiger partial charge < -0.3 is 14.6 Å². The standard InChI is InChI=1S/C20H20BrNO5/c1-9-16(19(24)25)17(10-4-14-15(5-11(10)21)27-8-26-14)18-12(22-9)6-20(2,3)7-13(18)23/h4-5,17-18H,6-8H2,1-3H3,(H,24,25). The van der Waals surface area contributed by atoms with E-state index in [1.165, 1.54) is 0 Å². The summed E-state index contributed by atoms with van der Waals surface area (Å²) in [7, 11) is 0. The van der Waals surface area contributed by atoms with E-state index in [2.05, 4.69) is 20.9 Å². The second-order valence-corrected chi connectivity index (χ2v) is 8.93. The van der Waals surface area contributed by atoms with Gasteiger partial charge >= 0.3 is 5.97 Å². The van der Waals surface area contributed by atoms with Crippen LogP contribution in [0.2, 0.25) is 0 Å². The van der Waals surface area contributed by atoms with Crippen LogP contribution in [-0.4, -0.2) is 29.4 Å². The number of rotatable bonds is 2. The molecule has 0 bridgehead atoms. The highest BCUT2D eigenvalue weighted by Crippen LogP contribution is 2.50. The van der Waals surface area contributed by atoms with E-state index >= 15 is 0 Å². The number of halogens is 1. The van der Waals surface area contributed by atoms with Crippen LogP contribution in [0.3, 0.4) is 0 Å². The average Bonchev–Trinajstić information content (AvgIpc) is 2.98. The molecule has 2 unspecified atom stereocenters. The van der Waals surface area contributed by atoms with E-state index in [1.54, 1.807) is 19.1 Å². The highest BCUT2D eigenvalue weighted by Gasteiger charge is 2.48. The maximum Gasteiger partial charge on any atom is 0.334 e. The first-order chi connectivity index (χ1) is 12.7. The van der Waals surface area contributed by atoms with E-state index in [9.17, 15) is 14.7 Å². The Morgan fingerprint density at radius 2 is 1.89 bits per heavy atom. The Hall–Kier alpha value is -2.15. The number of Topliss-reactive ketones (excluding diaryl/α,β-unsaturated/α-hetero) is 1. The minimum absolute atomic E-state index is 0.0332. The maximum absolute atomic E-state index is 13.1.